The van der Waals surface area contributed by atoms with E-state index >= 15 is 0 Å². The number of amides is 2. The second-order valence-corrected chi connectivity index (χ2v) is 5.10. The van der Waals surface area contributed by atoms with E-state index in [0.29, 0.717) is 5.92 Å². The fourth-order valence-corrected chi connectivity index (χ4v) is 2.31. The number of nitrogens with two attached hydrogens (primary N) is 1. The molecule has 0 aromatic heterocycles. The van der Waals surface area contributed by atoms with Crippen molar-refractivity contribution >= 4 is 11.8 Å². The lowest BCUT2D eigenvalue weighted by Crippen LogP contribution is -2.48. The number of likely N-dealkylation sites (tertiary alicyclic amines) is 1. The van der Waals surface area contributed by atoms with Crippen molar-refractivity contribution in [3.8, 4) is 0 Å². The molecule has 1 heterocycles. The maximum atomic E-state index is 12.0. The van der Waals surface area contributed by atoms with Gasteiger partial charge in [0.1, 0.15) is 0 Å². The summed E-state index contributed by atoms with van der Waals surface area (Å²) in [4.78, 5) is 24.7. The molecule has 0 unspecified atom stereocenters. The van der Waals surface area contributed by atoms with E-state index in [0.717, 1.165) is 45.3 Å². The van der Waals surface area contributed by atoms with Crippen LogP contribution < -0.4 is 11.1 Å². The Kier molecular flexibility index (Phi) is 6.12. The van der Waals surface area contributed by atoms with E-state index in [2.05, 4.69) is 5.32 Å². The highest BCUT2D eigenvalue weighted by Gasteiger charge is 2.25. The van der Waals surface area contributed by atoms with Gasteiger partial charge in [0.25, 0.3) is 0 Å². The standard InChI is InChI=1S/C13H25N3O2/c1-3-4-12(14)13(18)16-7-5-11(6-8-16)9-15-10(2)17/h11-12H,3-9,14H2,1-2H3,(H,15,17)/t12-/m1/s1. The summed E-state index contributed by atoms with van der Waals surface area (Å²) in [5.74, 6) is 0.577. The molecule has 0 aliphatic carbocycles. The number of nitrogens with zero attached hydrogens (tertiary/aromatic N) is 1. The van der Waals surface area contributed by atoms with Crippen molar-refractivity contribution in [2.45, 2.75) is 45.6 Å². The highest BCUT2D eigenvalue weighted by molar-refractivity contribution is 5.81. The van der Waals surface area contributed by atoms with Crippen LogP contribution in [0.25, 0.3) is 0 Å². The molecule has 0 radical (unpaired) electrons. The number of carbonyl (C=O) groups excluding carboxylic acids is 2. The zero-order valence-corrected chi connectivity index (χ0v) is 11.4. The Morgan fingerprint density at radius 3 is 2.50 bits per heavy atom. The van der Waals surface area contributed by atoms with Crippen LogP contribution >= 0.6 is 0 Å². The fraction of sp³-hybridized carbons (Fsp3) is 0.846. The Balaban J connectivity index is 2.30. The third-order valence-corrected chi connectivity index (χ3v) is 3.48. The van der Waals surface area contributed by atoms with Crippen molar-refractivity contribution < 1.29 is 9.59 Å². The summed E-state index contributed by atoms with van der Waals surface area (Å²) in [6.45, 7) is 5.81. The largest absolute Gasteiger partial charge is 0.356 e. The van der Waals surface area contributed by atoms with Gasteiger partial charge >= 0.3 is 0 Å². The lowest BCUT2D eigenvalue weighted by molar-refractivity contribution is -0.134. The highest BCUT2D eigenvalue weighted by Crippen LogP contribution is 2.17. The predicted octanol–water partition coefficient (Wildman–Crippen LogP) is 0.489. The molecule has 3 N–H and O–H groups in total. The molecule has 0 saturated carbocycles. The van der Waals surface area contributed by atoms with Gasteiger partial charge in [0.2, 0.25) is 11.8 Å². The molecular weight excluding hydrogens is 230 g/mol. The predicted molar refractivity (Wildman–Crippen MR) is 70.9 cm³/mol. The highest BCUT2D eigenvalue weighted by atomic mass is 16.2. The van der Waals surface area contributed by atoms with E-state index in [4.69, 9.17) is 5.73 Å². The summed E-state index contributed by atoms with van der Waals surface area (Å²) in [5.41, 5.74) is 5.84. The zero-order chi connectivity index (χ0) is 13.5. The number of hydrogen-bond donors (Lipinski definition) is 2. The SMILES string of the molecule is CCC[C@@H](N)C(=O)N1CCC(CNC(C)=O)CC1. The van der Waals surface area contributed by atoms with Gasteiger partial charge < -0.3 is 16.0 Å². The topological polar surface area (TPSA) is 75.4 Å². The van der Waals surface area contributed by atoms with Gasteiger partial charge in [-0.3, -0.25) is 9.59 Å². The minimum atomic E-state index is -0.345. The van der Waals surface area contributed by atoms with Crippen molar-refractivity contribution in [3.05, 3.63) is 0 Å². The summed E-state index contributed by atoms with van der Waals surface area (Å²) in [6, 6.07) is -0.345. The van der Waals surface area contributed by atoms with Crippen LogP contribution in [0.2, 0.25) is 0 Å². The molecule has 1 saturated heterocycles. The van der Waals surface area contributed by atoms with Gasteiger partial charge in [-0.25, -0.2) is 0 Å². The average molecular weight is 255 g/mol. The molecule has 1 aliphatic heterocycles. The summed E-state index contributed by atoms with van der Waals surface area (Å²) in [6.07, 6.45) is 3.59. The first-order valence-electron chi connectivity index (χ1n) is 6.83. The number of rotatable bonds is 5. The molecule has 1 rings (SSSR count). The molecule has 1 aliphatic rings. The number of piperidine rings is 1. The maximum Gasteiger partial charge on any atom is 0.239 e. The van der Waals surface area contributed by atoms with E-state index in [-0.39, 0.29) is 17.9 Å². The summed E-state index contributed by atoms with van der Waals surface area (Å²) < 4.78 is 0. The van der Waals surface area contributed by atoms with Crippen LogP contribution in [-0.2, 0) is 9.59 Å². The first kappa shape index (κ1) is 15.0. The Morgan fingerprint density at radius 2 is 2.00 bits per heavy atom. The number of carbonyl (C=O) groups is 2. The first-order valence-corrected chi connectivity index (χ1v) is 6.83. The summed E-state index contributed by atoms with van der Waals surface area (Å²) >= 11 is 0. The molecule has 0 bridgehead atoms. The van der Waals surface area contributed by atoms with Gasteiger partial charge in [-0.15, -0.1) is 0 Å². The lowest BCUT2D eigenvalue weighted by Gasteiger charge is -2.33. The van der Waals surface area contributed by atoms with Crippen molar-refractivity contribution in [3.63, 3.8) is 0 Å². The quantitative estimate of drug-likeness (QED) is 0.750. The minimum absolute atomic E-state index is 0.0125. The van der Waals surface area contributed by atoms with Crippen molar-refractivity contribution in [2.24, 2.45) is 11.7 Å². The van der Waals surface area contributed by atoms with Crippen LogP contribution in [0, 0.1) is 5.92 Å². The van der Waals surface area contributed by atoms with Gasteiger partial charge in [-0.05, 0) is 25.2 Å². The van der Waals surface area contributed by atoms with Gasteiger partial charge in [-0.1, -0.05) is 13.3 Å². The van der Waals surface area contributed by atoms with Crippen molar-refractivity contribution in [2.75, 3.05) is 19.6 Å². The van der Waals surface area contributed by atoms with Gasteiger partial charge in [0.15, 0.2) is 0 Å². The molecule has 1 atom stereocenters. The number of hydrogen-bond acceptors (Lipinski definition) is 3. The Morgan fingerprint density at radius 1 is 1.39 bits per heavy atom. The van der Waals surface area contributed by atoms with Crippen LogP contribution in [-0.4, -0.2) is 42.4 Å². The number of nitrogens with one attached hydrogen (secondary N) is 1. The van der Waals surface area contributed by atoms with Crippen LogP contribution in [0.3, 0.4) is 0 Å². The van der Waals surface area contributed by atoms with Gasteiger partial charge in [0, 0.05) is 26.6 Å². The van der Waals surface area contributed by atoms with Gasteiger partial charge in [-0.2, -0.15) is 0 Å². The molecule has 5 heteroatoms. The normalized spacial score (nSPS) is 18.5. The van der Waals surface area contributed by atoms with Crippen molar-refractivity contribution in [1.82, 2.24) is 10.2 Å². The summed E-state index contributed by atoms with van der Waals surface area (Å²) in [5, 5.41) is 2.84. The zero-order valence-electron chi connectivity index (χ0n) is 11.4. The smallest absolute Gasteiger partial charge is 0.239 e. The molecule has 0 aromatic rings. The van der Waals surface area contributed by atoms with E-state index < -0.39 is 0 Å². The third-order valence-electron chi connectivity index (χ3n) is 3.48. The average Bonchev–Trinajstić information content (AvgIpc) is 2.36. The second-order valence-electron chi connectivity index (χ2n) is 5.10. The fourth-order valence-electron chi connectivity index (χ4n) is 2.31. The molecule has 2 amide bonds. The Bertz CT molecular complexity index is 286. The van der Waals surface area contributed by atoms with Crippen LogP contribution in [0.15, 0.2) is 0 Å². The Hall–Kier alpha value is -1.10. The van der Waals surface area contributed by atoms with E-state index in [1.54, 1.807) is 0 Å². The lowest BCUT2D eigenvalue weighted by atomic mass is 9.96. The van der Waals surface area contributed by atoms with Crippen molar-refractivity contribution in [1.29, 1.82) is 0 Å². The molecule has 0 spiro atoms. The Labute approximate surface area is 109 Å². The van der Waals surface area contributed by atoms with Crippen LogP contribution in [0.4, 0.5) is 0 Å². The molecule has 18 heavy (non-hydrogen) atoms. The van der Waals surface area contributed by atoms with E-state index in [9.17, 15) is 9.59 Å². The molecule has 0 aromatic carbocycles. The van der Waals surface area contributed by atoms with E-state index in [1.807, 2.05) is 11.8 Å². The van der Waals surface area contributed by atoms with Gasteiger partial charge in [0.05, 0.1) is 6.04 Å². The molecule has 1 fully saturated rings. The summed E-state index contributed by atoms with van der Waals surface area (Å²) in [7, 11) is 0. The van der Waals surface area contributed by atoms with E-state index in [1.165, 1.54) is 6.92 Å². The minimum Gasteiger partial charge on any atom is -0.356 e. The third kappa shape index (κ3) is 4.64. The molecular formula is C13H25N3O2. The van der Waals surface area contributed by atoms with Crippen LogP contribution in [0.5, 0.6) is 0 Å². The first-order chi connectivity index (χ1) is 8.54. The second kappa shape index (κ2) is 7.36. The van der Waals surface area contributed by atoms with Crippen LogP contribution in [0.1, 0.15) is 39.5 Å². The monoisotopic (exact) mass is 255 g/mol. The molecule has 5 nitrogen and oxygen atoms in total. The molecule has 104 valence electrons. The maximum absolute atomic E-state index is 12.0.